The third-order valence-electron chi connectivity index (χ3n) is 2.12. The molecular weight excluding hydrogens is 196 g/mol. The molecule has 2 N–H and O–H groups in total. The number of rotatable bonds is 2. The molecule has 0 radical (unpaired) electrons. The van der Waals surface area contributed by atoms with Crippen molar-refractivity contribution in [2.45, 2.75) is 6.92 Å². The minimum absolute atomic E-state index is 0.136. The molecule has 0 spiro atoms. The van der Waals surface area contributed by atoms with Gasteiger partial charge in [0, 0.05) is 13.2 Å². The van der Waals surface area contributed by atoms with Crippen LogP contribution in [0.25, 0.3) is 11.4 Å². The number of aromatic nitrogens is 4. The lowest BCUT2D eigenvalue weighted by molar-refractivity contribution is 0.0698. The lowest BCUT2D eigenvalue weighted by atomic mass is 10.1. The first-order chi connectivity index (χ1) is 7.09. The fraction of sp³-hybridized carbons (Fsp3) is 0.222. The Kier molecular flexibility index (Phi) is 2.03. The Labute approximate surface area is 85.5 Å². The molecule has 6 heteroatoms. The molecule has 15 heavy (non-hydrogen) atoms. The lowest BCUT2D eigenvalue weighted by Crippen LogP contribution is -1.98. The Morgan fingerprint density at radius 1 is 1.60 bits per heavy atom. The van der Waals surface area contributed by atoms with Crippen molar-refractivity contribution in [3.63, 3.8) is 0 Å². The van der Waals surface area contributed by atoms with Gasteiger partial charge in [0.25, 0.3) is 0 Å². The van der Waals surface area contributed by atoms with Crippen molar-refractivity contribution in [1.29, 1.82) is 0 Å². The summed E-state index contributed by atoms with van der Waals surface area (Å²) in [6, 6.07) is 0. The molecule has 0 saturated heterocycles. The zero-order valence-corrected chi connectivity index (χ0v) is 8.35. The summed E-state index contributed by atoms with van der Waals surface area (Å²) in [5.41, 5.74) is 2.11. The third-order valence-corrected chi connectivity index (χ3v) is 2.12. The van der Waals surface area contributed by atoms with Gasteiger partial charge in [-0.15, -0.1) is 0 Å². The van der Waals surface area contributed by atoms with Gasteiger partial charge in [0.05, 0.1) is 6.20 Å². The largest absolute Gasteiger partial charge is 0.478 e. The van der Waals surface area contributed by atoms with E-state index < -0.39 is 5.97 Å². The number of carboxylic acids is 1. The number of nitrogens with one attached hydrogen (secondary N) is 1. The molecule has 2 rings (SSSR count). The van der Waals surface area contributed by atoms with Crippen LogP contribution in [-0.2, 0) is 7.05 Å². The number of aryl methyl sites for hydroxylation is 2. The van der Waals surface area contributed by atoms with E-state index in [2.05, 4.69) is 15.3 Å². The molecule has 2 heterocycles. The van der Waals surface area contributed by atoms with Gasteiger partial charge >= 0.3 is 5.97 Å². The smallest absolute Gasteiger partial charge is 0.339 e. The molecule has 0 fully saturated rings. The Hall–Kier alpha value is -2.11. The molecule has 0 aliphatic heterocycles. The molecule has 0 aliphatic rings. The summed E-state index contributed by atoms with van der Waals surface area (Å²) in [5, 5.41) is 19.5. The summed E-state index contributed by atoms with van der Waals surface area (Å²) in [6.07, 6.45) is 3.10. The average molecular weight is 206 g/mol. The van der Waals surface area contributed by atoms with Gasteiger partial charge in [-0.25, -0.2) is 4.79 Å². The fourth-order valence-corrected chi connectivity index (χ4v) is 1.48. The molecule has 0 amide bonds. The Balaban J connectivity index is 2.58. The summed E-state index contributed by atoms with van der Waals surface area (Å²) in [6.45, 7) is 1.87. The van der Waals surface area contributed by atoms with Crippen LogP contribution in [0, 0.1) is 6.92 Å². The Morgan fingerprint density at radius 3 is 2.87 bits per heavy atom. The molecule has 0 unspecified atom stereocenters. The topological polar surface area (TPSA) is 83.8 Å². The average Bonchev–Trinajstić information content (AvgIpc) is 2.71. The molecule has 0 bridgehead atoms. The summed E-state index contributed by atoms with van der Waals surface area (Å²) >= 11 is 0. The molecule has 78 valence electrons. The maximum atomic E-state index is 10.9. The van der Waals surface area contributed by atoms with Gasteiger partial charge in [0.1, 0.15) is 17.0 Å². The van der Waals surface area contributed by atoms with Crippen molar-refractivity contribution in [2.75, 3.05) is 0 Å². The molecule has 2 aromatic rings. The fourth-order valence-electron chi connectivity index (χ4n) is 1.48. The Bertz CT molecular complexity index is 512. The zero-order valence-electron chi connectivity index (χ0n) is 8.35. The SMILES string of the molecule is Cc1cn(C)nc1-c1[nH]ncc1C(=O)O. The second kappa shape index (κ2) is 3.23. The van der Waals surface area contributed by atoms with Gasteiger partial charge in [0.2, 0.25) is 0 Å². The minimum atomic E-state index is -1.01. The van der Waals surface area contributed by atoms with Crippen molar-refractivity contribution >= 4 is 5.97 Å². The van der Waals surface area contributed by atoms with Crippen LogP contribution in [0.3, 0.4) is 0 Å². The number of aromatic carboxylic acids is 1. The van der Waals surface area contributed by atoms with Crippen LogP contribution in [-0.4, -0.2) is 31.1 Å². The van der Waals surface area contributed by atoms with E-state index in [9.17, 15) is 4.79 Å². The number of H-pyrrole nitrogens is 1. The van der Waals surface area contributed by atoms with Gasteiger partial charge in [-0.3, -0.25) is 9.78 Å². The van der Waals surface area contributed by atoms with E-state index in [1.54, 1.807) is 11.7 Å². The number of nitrogens with zero attached hydrogens (tertiary/aromatic N) is 3. The van der Waals surface area contributed by atoms with E-state index in [1.807, 2.05) is 13.1 Å². The van der Waals surface area contributed by atoms with Crippen LogP contribution in [0.15, 0.2) is 12.4 Å². The van der Waals surface area contributed by atoms with Gasteiger partial charge < -0.3 is 5.11 Å². The van der Waals surface area contributed by atoms with E-state index in [0.717, 1.165) is 5.56 Å². The summed E-state index contributed by atoms with van der Waals surface area (Å²) in [7, 11) is 1.79. The maximum absolute atomic E-state index is 10.9. The molecule has 6 nitrogen and oxygen atoms in total. The highest BCUT2D eigenvalue weighted by molar-refractivity contribution is 5.94. The van der Waals surface area contributed by atoms with E-state index in [-0.39, 0.29) is 5.56 Å². The second-order valence-corrected chi connectivity index (χ2v) is 3.30. The van der Waals surface area contributed by atoms with E-state index in [1.165, 1.54) is 6.20 Å². The highest BCUT2D eigenvalue weighted by Crippen LogP contribution is 2.22. The Morgan fingerprint density at radius 2 is 2.33 bits per heavy atom. The van der Waals surface area contributed by atoms with Crippen LogP contribution in [0.5, 0.6) is 0 Å². The van der Waals surface area contributed by atoms with Crippen LogP contribution in [0.4, 0.5) is 0 Å². The normalized spacial score (nSPS) is 10.5. The first-order valence-electron chi connectivity index (χ1n) is 4.37. The van der Waals surface area contributed by atoms with Gasteiger partial charge in [-0.2, -0.15) is 10.2 Å². The third kappa shape index (κ3) is 1.50. The molecule has 0 saturated carbocycles. The minimum Gasteiger partial charge on any atom is -0.478 e. The molecule has 0 aromatic carbocycles. The maximum Gasteiger partial charge on any atom is 0.339 e. The quantitative estimate of drug-likeness (QED) is 0.761. The molecule has 0 atom stereocenters. The monoisotopic (exact) mass is 206 g/mol. The van der Waals surface area contributed by atoms with Crippen LogP contribution >= 0.6 is 0 Å². The van der Waals surface area contributed by atoms with Crippen molar-refractivity contribution in [1.82, 2.24) is 20.0 Å². The van der Waals surface area contributed by atoms with Crippen LogP contribution in [0.2, 0.25) is 0 Å². The van der Waals surface area contributed by atoms with E-state index in [0.29, 0.717) is 11.4 Å². The number of carboxylic acid groups (broad SMARTS) is 1. The first kappa shape index (κ1) is 9.45. The molecule has 0 aliphatic carbocycles. The summed E-state index contributed by atoms with van der Waals surface area (Å²) in [4.78, 5) is 10.9. The standard InChI is InChI=1S/C9H10N4O2/c1-5-4-13(2)12-7(5)8-6(9(14)15)3-10-11-8/h3-4H,1-2H3,(H,10,11)(H,14,15). The van der Waals surface area contributed by atoms with Crippen molar-refractivity contribution in [3.05, 3.63) is 23.5 Å². The second-order valence-electron chi connectivity index (χ2n) is 3.30. The van der Waals surface area contributed by atoms with E-state index >= 15 is 0 Å². The molecule has 2 aromatic heterocycles. The predicted octanol–water partition coefficient (Wildman–Crippen LogP) is 0.817. The summed E-state index contributed by atoms with van der Waals surface area (Å²) in [5.74, 6) is -1.01. The predicted molar refractivity (Wildman–Crippen MR) is 52.5 cm³/mol. The number of carbonyl (C=O) groups is 1. The number of aromatic amines is 1. The lowest BCUT2D eigenvalue weighted by Gasteiger charge is -1.95. The van der Waals surface area contributed by atoms with Crippen LogP contribution < -0.4 is 0 Å². The number of hydrogen-bond donors (Lipinski definition) is 2. The highest BCUT2D eigenvalue weighted by atomic mass is 16.4. The van der Waals surface area contributed by atoms with Gasteiger partial charge in [-0.1, -0.05) is 0 Å². The van der Waals surface area contributed by atoms with E-state index in [4.69, 9.17) is 5.11 Å². The highest BCUT2D eigenvalue weighted by Gasteiger charge is 2.17. The van der Waals surface area contributed by atoms with Crippen molar-refractivity contribution < 1.29 is 9.90 Å². The summed E-state index contributed by atoms with van der Waals surface area (Å²) < 4.78 is 1.64. The van der Waals surface area contributed by atoms with Crippen LogP contribution in [0.1, 0.15) is 15.9 Å². The van der Waals surface area contributed by atoms with Gasteiger partial charge in [0.15, 0.2) is 0 Å². The molecular formula is C9H10N4O2. The van der Waals surface area contributed by atoms with Crippen molar-refractivity contribution in [2.24, 2.45) is 7.05 Å². The zero-order chi connectivity index (χ0) is 11.0. The number of hydrogen-bond acceptors (Lipinski definition) is 3. The van der Waals surface area contributed by atoms with Gasteiger partial charge in [-0.05, 0) is 12.5 Å². The first-order valence-corrected chi connectivity index (χ1v) is 4.37. The van der Waals surface area contributed by atoms with Crippen molar-refractivity contribution in [3.8, 4) is 11.4 Å².